The van der Waals surface area contributed by atoms with Gasteiger partial charge in [-0.1, -0.05) is 6.07 Å². The smallest absolute Gasteiger partial charge is 0.395 e. The van der Waals surface area contributed by atoms with E-state index in [4.69, 9.17) is 10.4 Å². The molecule has 0 bridgehead atoms. The van der Waals surface area contributed by atoms with Gasteiger partial charge >= 0.3 is 12.4 Å². The summed E-state index contributed by atoms with van der Waals surface area (Å²) in [5, 5.41) is 19.9. The van der Waals surface area contributed by atoms with Crippen LogP contribution in [-0.4, -0.2) is 30.0 Å². The van der Waals surface area contributed by atoms with Gasteiger partial charge in [0.25, 0.3) is 0 Å². The van der Waals surface area contributed by atoms with Gasteiger partial charge in [-0.2, -0.15) is 31.6 Å². The fourth-order valence-electron chi connectivity index (χ4n) is 2.78. The number of hydrogen-bond donors (Lipinski definition) is 2. The van der Waals surface area contributed by atoms with Crippen molar-refractivity contribution in [1.82, 2.24) is 5.32 Å². The van der Waals surface area contributed by atoms with Gasteiger partial charge in [0.1, 0.15) is 6.04 Å². The highest BCUT2D eigenvalue weighted by molar-refractivity contribution is 5.43. The van der Waals surface area contributed by atoms with Gasteiger partial charge in [-0.05, 0) is 24.1 Å². The van der Waals surface area contributed by atoms with E-state index in [0.29, 0.717) is 6.07 Å². The van der Waals surface area contributed by atoms with Crippen LogP contribution in [0.4, 0.5) is 26.3 Å². The summed E-state index contributed by atoms with van der Waals surface area (Å²) in [6.07, 6.45) is -9.65. The number of nitrogens with one attached hydrogen (secondary N) is 1. The van der Waals surface area contributed by atoms with Crippen LogP contribution < -0.4 is 5.32 Å². The third-order valence-electron chi connectivity index (χ3n) is 3.83. The number of aliphatic hydroxyl groups excluding tert-OH is 1. The van der Waals surface area contributed by atoms with E-state index in [1.807, 2.05) is 0 Å². The Bertz CT molecular complexity index is 619. The van der Waals surface area contributed by atoms with Crippen LogP contribution in [0.15, 0.2) is 18.2 Å². The van der Waals surface area contributed by atoms with Gasteiger partial charge in [0.15, 0.2) is 0 Å². The predicted octanol–water partition coefficient (Wildman–Crippen LogP) is 2.95. The van der Waals surface area contributed by atoms with Crippen LogP contribution in [0.3, 0.4) is 0 Å². The third kappa shape index (κ3) is 3.59. The standard InChI is InChI=1S/C14H12F6N2O/c15-13(16,17)11-3-7(1-2-8(11)5-21)10-4-9(6-23)22-12(10)14(18,19)20/h1-3,9-10,12,22-23H,4,6H2/t9-,10?,12+/m1/s1. The van der Waals surface area contributed by atoms with Crippen LogP contribution in [0.25, 0.3) is 0 Å². The van der Waals surface area contributed by atoms with E-state index >= 15 is 0 Å². The minimum Gasteiger partial charge on any atom is -0.395 e. The SMILES string of the molecule is N#Cc1ccc(C2C[C@H](CO)N[C@@H]2C(F)(F)F)cc1C(F)(F)F. The zero-order valence-corrected chi connectivity index (χ0v) is 11.5. The Balaban J connectivity index is 2.46. The van der Waals surface area contributed by atoms with Crippen molar-refractivity contribution in [1.29, 1.82) is 5.26 Å². The molecule has 1 aromatic carbocycles. The molecule has 23 heavy (non-hydrogen) atoms. The van der Waals surface area contributed by atoms with Crippen LogP contribution in [-0.2, 0) is 6.18 Å². The first kappa shape index (κ1) is 17.6. The number of aliphatic hydroxyl groups is 1. The quantitative estimate of drug-likeness (QED) is 0.815. The summed E-state index contributed by atoms with van der Waals surface area (Å²) in [7, 11) is 0. The summed E-state index contributed by atoms with van der Waals surface area (Å²) in [4.78, 5) is 0. The average Bonchev–Trinajstić information content (AvgIpc) is 2.90. The van der Waals surface area contributed by atoms with Crippen molar-refractivity contribution in [2.24, 2.45) is 0 Å². The van der Waals surface area contributed by atoms with E-state index in [0.717, 1.165) is 12.1 Å². The van der Waals surface area contributed by atoms with Crippen LogP contribution in [0.1, 0.15) is 29.0 Å². The molecule has 3 atom stereocenters. The Labute approximate surface area is 127 Å². The predicted molar refractivity (Wildman–Crippen MR) is 67.4 cm³/mol. The number of hydrogen-bond acceptors (Lipinski definition) is 3. The van der Waals surface area contributed by atoms with Gasteiger partial charge in [-0.15, -0.1) is 0 Å². The molecule has 0 radical (unpaired) electrons. The van der Waals surface area contributed by atoms with Gasteiger partial charge in [0.2, 0.25) is 0 Å². The lowest BCUT2D eigenvalue weighted by atomic mass is 9.88. The molecule has 1 saturated heterocycles. The summed E-state index contributed by atoms with van der Waals surface area (Å²) in [5.41, 5.74) is -2.07. The molecule has 2 rings (SSSR count). The molecule has 0 aromatic heterocycles. The van der Waals surface area contributed by atoms with E-state index in [9.17, 15) is 26.3 Å². The summed E-state index contributed by atoms with van der Waals surface area (Å²) in [6.45, 7) is -0.550. The van der Waals surface area contributed by atoms with Crippen LogP contribution in [0.5, 0.6) is 0 Å². The van der Waals surface area contributed by atoms with Crippen molar-refractivity contribution >= 4 is 0 Å². The maximum absolute atomic E-state index is 13.1. The molecular weight excluding hydrogens is 326 g/mol. The molecule has 2 N–H and O–H groups in total. The van der Waals surface area contributed by atoms with E-state index in [-0.39, 0.29) is 12.0 Å². The first-order chi connectivity index (χ1) is 10.6. The van der Waals surface area contributed by atoms with Crippen LogP contribution in [0, 0.1) is 11.3 Å². The molecule has 1 aliphatic heterocycles. The molecule has 1 heterocycles. The molecule has 0 amide bonds. The molecule has 9 heteroatoms. The molecule has 1 fully saturated rings. The lowest BCUT2D eigenvalue weighted by molar-refractivity contribution is -0.156. The van der Waals surface area contributed by atoms with Crippen molar-refractivity contribution < 1.29 is 31.4 Å². The maximum Gasteiger partial charge on any atom is 0.417 e. The average molecular weight is 338 g/mol. The zero-order chi connectivity index (χ0) is 17.4. The maximum atomic E-state index is 13.1. The van der Waals surface area contributed by atoms with Crippen LogP contribution in [0.2, 0.25) is 0 Å². The molecule has 3 nitrogen and oxygen atoms in total. The zero-order valence-electron chi connectivity index (χ0n) is 11.5. The topological polar surface area (TPSA) is 56.0 Å². The van der Waals surface area contributed by atoms with E-state index < -0.39 is 48.1 Å². The highest BCUT2D eigenvalue weighted by Gasteiger charge is 2.50. The van der Waals surface area contributed by atoms with E-state index in [2.05, 4.69) is 5.32 Å². The third-order valence-corrected chi connectivity index (χ3v) is 3.83. The first-order valence-corrected chi connectivity index (χ1v) is 6.62. The Hall–Kier alpha value is -1.79. The van der Waals surface area contributed by atoms with Crippen molar-refractivity contribution in [3.05, 3.63) is 34.9 Å². The van der Waals surface area contributed by atoms with Crippen molar-refractivity contribution in [3.8, 4) is 6.07 Å². The second-order valence-corrected chi connectivity index (χ2v) is 5.32. The number of nitrogens with zero attached hydrogens (tertiary/aromatic N) is 1. The molecule has 1 aliphatic rings. The number of halogens is 6. The number of benzene rings is 1. The Morgan fingerprint density at radius 1 is 1.22 bits per heavy atom. The monoisotopic (exact) mass is 338 g/mol. The van der Waals surface area contributed by atoms with E-state index in [1.165, 1.54) is 6.07 Å². The lowest BCUT2D eigenvalue weighted by Crippen LogP contribution is -2.43. The summed E-state index contributed by atoms with van der Waals surface area (Å²) < 4.78 is 78.0. The Kier molecular flexibility index (Phi) is 4.59. The molecule has 0 spiro atoms. The first-order valence-electron chi connectivity index (χ1n) is 6.62. The molecular formula is C14H12F6N2O. The van der Waals surface area contributed by atoms with Gasteiger partial charge in [0, 0.05) is 12.0 Å². The van der Waals surface area contributed by atoms with Crippen molar-refractivity contribution in [2.75, 3.05) is 6.61 Å². The largest absolute Gasteiger partial charge is 0.417 e. The number of rotatable bonds is 2. The lowest BCUT2D eigenvalue weighted by Gasteiger charge is -2.23. The van der Waals surface area contributed by atoms with Crippen LogP contribution >= 0.6 is 0 Å². The summed E-state index contributed by atoms with van der Waals surface area (Å²) in [5.74, 6) is -1.26. The van der Waals surface area contributed by atoms with Gasteiger partial charge in [-0.3, -0.25) is 0 Å². The minimum absolute atomic E-state index is 0.149. The fraction of sp³-hybridized carbons (Fsp3) is 0.500. The molecule has 1 aromatic rings. The van der Waals surface area contributed by atoms with Crippen molar-refractivity contribution in [2.45, 2.75) is 36.8 Å². The second-order valence-electron chi connectivity index (χ2n) is 5.32. The summed E-state index contributed by atoms with van der Waals surface area (Å²) >= 11 is 0. The van der Waals surface area contributed by atoms with Gasteiger partial charge < -0.3 is 10.4 Å². The van der Waals surface area contributed by atoms with E-state index in [1.54, 1.807) is 0 Å². The Morgan fingerprint density at radius 2 is 1.87 bits per heavy atom. The van der Waals surface area contributed by atoms with Gasteiger partial charge in [-0.25, -0.2) is 0 Å². The van der Waals surface area contributed by atoms with Gasteiger partial charge in [0.05, 0.1) is 23.8 Å². The number of alkyl halides is 6. The molecule has 0 saturated carbocycles. The normalized spacial score (nSPS) is 25.4. The summed E-state index contributed by atoms with van der Waals surface area (Å²) in [6, 6.07) is 1.04. The molecule has 0 aliphatic carbocycles. The molecule has 126 valence electrons. The second kappa shape index (κ2) is 6.02. The minimum atomic E-state index is -4.84. The highest BCUT2D eigenvalue weighted by atomic mass is 19.4. The molecule has 1 unspecified atom stereocenters. The highest BCUT2D eigenvalue weighted by Crippen LogP contribution is 2.41. The fourth-order valence-corrected chi connectivity index (χ4v) is 2.78. The van der Waals surface area contributed by atoms with Crippen molar-refractivity contribution in [3.63, 3.8) is 0 Å². The number of nitriles is 1. The Morgan fingerprint density at radius 3 is 2.35 bits per heavy atom.